The summed E-state index contributed by atoms with van der Waals surface area (Å²) < 4.78 is 44.9. The third-order valence-corrected chi connectivity index (χ3v) is 4.51. The van der Waals surface area contributed by atoms with E-state index in [2.05, 4.69) is 15.1 Å². The number of hydrogen-bond acceptors (Lipinski definition) is 5. The van der Waals surface area contributed by atoms with Gasteiger partial charge in [-0.05, 0) is 18.2 Å². The molecule has 4 rings (SSSR count). The van der Waals surface area contributed by atoms with Crippen molar-refractivity contribution in [3.63, 3.8) is 0 Å². The molecule has 3 heterocycles. The SMILES string of the molecule is O=c1[nH]c(N2CCOCC2)nc2nn(-c3ccc(C(F)(F)F)cc3Cl)cc12. The first kappa shape index (κ1) is 17.8. The van der Waals surface area contributed by atoms with Crippen LogP contribution in [0, 0.1) is 0 Å². The number of fused-ring (bicyclic) bond motifs is 1. The molecule has 0 unspecified atom stereocenters. The van der Waals surface area contributed by atoms with E-state index in [0.717, 1.165) is 12.1 Å². The van der Waals surface area contributed by atoms with Gasteiger partial charge in [-0.1, -0.05) is 11.6 Å². The number of rotatable bonds is 2. The Bertz CT molecular complexity index is 1060. The Balaban J connectivity index is 1.75. The second-order valence-corrected chi connectivity index (χ2v) is 6.37. The van der Waals surface area contributed by atoms with Gasteiger partial charge in [0, 0.05) is 19.3 Å². The Kier molecular flexibility index (Phi) is 4.31. The van der Waals surface area contributed by atoms with Crippen LogP contribution in [0.5, 0.6) is 0 Å². The molecule has 0 saturated carbocycles. The maximum absolute atomic E-state index is 12.8. The summed E-state index contributed by atoms with van der Waals surface area (Å²) in [6, 6.07) is 2.93. The number of halogens is 4. The van der Waals surface area contributed by atoms with Crippen molar-refractivity contribution < 1.29 is 17.9 Å². The van der Waals surface area contributed by atoms with E-state index < -0.39 is 17.3 Å². The first-order chi connectivity index (χ1) is 12.8. The van der Waals surface area contributed by atoms with Crippen LogP contribution < -0.4 is 10.5 Å². The van der Waals surface area contributed by atoms with Gasteiger partial charge in [0.15, 0.2) is 5.65 Å². The van der Waals surface area contributed by atoms with Gasteiger partial charge in [-0.15, -0.1) is 5.10 Å². The molecule has 1 aliphatic rings. The standard InChI is InChI=1S/C16H13ClF3N5O2/c17-11-7-9(16(18,19)20)1-2-12(11)25-8-10-13(23-25)21-15(22-14(10)26)24-3-5-27-6-4-24/h1-2,7-8H,3-6H2,(H,21,22,23,26). The number of nitrogens with one attached hydrogen (secondary N) is 1. The average molecular weight is 400 g/mol. The summed E-state index contributed by atoms with van der Waals surface area (Å²) in [6.45, 7) is 2.22. The van der Waals surface area contributed by atoms with Gasteiger partial charge in [-0.25, -0.2) is 4.68 Å². The van der Waals surface area contributed by atoms with Crippen LogP contribution in [-0.4, -0.2) is 46.1 Å². The summed E-state index contributed by atoms with van der Waals surface area (Å²) in [5.41, 5.74) is -0.861. The van der Waals surface area contributed by atoms with Crippen molar-refractivity contribution in [3.05, 3.63) is 45.3 Å². The Hall–Kier alpha value is -2.59. The third-order valence-electron chi connectivity index (χ3n) is 4.21. The molecule has 27 heavy (non-hydrogen) atoms. The summed E-state index contributed by atoms with van der Waals surface area (Å²) in [4.78, 5) is 21.3. The molecular weight excluding hydrogens is 387 g/mol. The molecule has 1 fully saturated rings. The van der Waals surface area contributed by atoms with Crippen LogP contribution in [0.1, 0.15) is 5.56 Å². The lowest BCUT2D eigenvalue weighted by Gasteiger charge is -2.26. The summed E-state index contributed by atoms with van der Waals surface area (Å²) in [7, 11) is 0. The molecule has 11 heteroatoms. The first-order valence-corrected chi connectivity index (χ1v) is 8.40. The Morgan fingerprint density at radius 1 is 1.22 bits per heavy atom. The van der Waals surface area contributed by atoms with Crippen LogP contribution in [0.2, 0.25) is 5.02 Å². The highest BCUT2D eigenvalue weighted by Crippen LogP contribution is 2.33. The second kappa shape index (κ2) is 6.54. The van der Waals surface area contributed by atoms with Crippen molar-refractivity contribution in [2.24, 2.45) is 0 Å². The highest BCUT2D eigenvalue weighted by molar-refractivity contribution is 6.32. The van der Waals surface area contributed by atoms with E-state index >= 15 is 0 Å². The smallest absolute Gasteiger partial charge is 0.378 e. The van der Waals surface area contributed by atoms with E-state index in [0.29, 0.717) is 32.3 Å². The van der Waals surface area contributed by atoms with E-state index in [1.54, 1.807) is 0 Å². The lowest BCUT2D eigenvalue weighted by Crippen LogP contribution is -2.38. The maximum Gasteiger partial charge on any atom is 0.416 e. The summed E-state index contributed by atoms with van der Waals surface area (Å²) in [6.07, 6.45) is -3.11. The molecule has 0 spiro atoms. The number of hydrogen-bond donors (Lipinski definition) is 1. The van der Waals surface area contributed by atoms with Crippen molar-refractivity contribution in [2.75, 3.05) is 31.2 Å². The minimum atomic E-state index is -4.50. The van der Waals surface area contributed by atoms with Crippen molar-refractivity contribution in [1.29, 1.82) is 0 Å². The predicted octanol–water partition coefficient (Wildman–Crippen LogP) is 2.62. The number of aromatic amines is 1. The summed E-state index contributed by atoms with van der Waals surface area (Å²) in [5.74, 6) is 0.375. The zero-order valence-corrected chi connectivity index (χ0v) is 14.5. The maximum atomic E-state index is 12.8. The van der Waals surface area contributed by atoms with E-state index in [9.17, 15) is 18.0 Å². The quantitative estimate of drug-likeness (QED) is 0.717. The van der Waals surface area contributed by atoms with Gasteiger partial charge in [0.2, 0.25) is 5.95 Å². The molecule has 0 amide bonds. The molecular formula is C16H13ClF3N5O2. The lowest BCUT2D eigenvalue weighted by atomic mass is 10.2. The van der Waals surface area contributed by atoms with Gasteiger partial charge in [0.05, 0.1) is 29.5 Å². The van der Waals surface area contributed by atoms with Crippen LogP contribution in [0.3, 0.4) is 0 Å². The van der Waals surface area contributed by atoms with Crippen LogP contribution in [0.4, 0.5) is 19.1 Å². The Morgan fingerprint density at radius 2 is 1.96 bits per heavy atom. The third kappa shape index (κ3) is 3.37. The van der Waals surface area contributed by atoms with Crippen LogP contribution in [0.25, 0.3) is 16.7 Å². The molecule has 1 aliphatic heterocycles. The average Bonchev–Trinajstić information content (AvgIpc) is 3.06. The Labute approximate surface area is 155 Å². The highest BCUT2D eigenvalue weighted by atomic mass is 35.5. The van der Waals surface area contributed by atoms with Gasteiger partial charge < -0.3 is 9.64 Å². The van der Waals surface area contributed by atoms with Gasteiger partial charge in [0.1, 0.15) is 5.39 Å². The largest absolute Gasteiger partial charge is 0.416 e. The molecule has 0 aliphatic carbocycles. The highest BCUT2D eigenvalue weighted by Gasteiger charge is 2.31. The number of alkyl halides is 3. The Morgan fingerprint density at radius 3 is 2.63 bits per heavy atom. The second-order valence-electron chi connectivity index (χ2n) is 5.96. The number of H-pyrrole nitrogens is 1. The molecule has 142 valence electrons. The van der Waals surface area contributed by atoms with Crippen LogP contribution in [0.15, 0.2) is 29.2 Å². The number of aromatic nitrogens is 4. The number of benzene rings is 1. The van der Waals surface area contributed by atoms with Crippen molar-refractivity contribution >= 4 is 28.6 Å². The fraction of sp³-hybridized carbons (Fsp3) is 0.312. The number of nitrogens with zero attached hydrogens (tertiary/aromatic N) is 4. The molecule has 0 bridgehead atoms. The molecule has 0 atom stereocenters. The molecule has 7 nitrogen and oxygen atoms in total. The molecule has 0 radical (unpaired) electrons. The fourth-order valence-electron chi connectivity index (χ4n) is 2.82. The molecule has 2 aromatic heterocycles. The minimum Gasteiger partial charge on any atom is -0.378 e. The molecule has 3 aromatic rings. The topological polar surface area (TPSA) is 76.0 Å². The van der Waals surface area contributed by atoms with Crippen molar-refractivity contribution in [2.45, 2.75) is 6.18 Å². The van der Waals surface area contributed by atoms with Gasteiger partial charge in [0.25, 0.3) is 5.56 Å². The summed E-state index contributed by atoms with van der Waals surface area (Å²) in [5, 5.41) is 4.29. The van der Waals surface area contributed by atoms with E-state index in [4.69, 9.17) is 16.3 Å². The lowest BCUT2D eigenvalue weighted by molar-refractivity contribution is -0.137. The minimum absolute atomic E-state index is 0.137. The zero-order chi connectivity index (χ0) is 19.2. The van der Waals surface area contributed by atoms with Crippen LogP contribution in [-0.2, 0) is 10.9 Å². The van der Waals surface area contributed by atoms with Gasteiger partial charge in [-0.3, -0.25) is 9.78 Å². The number of morpholine rings is 1. The van der Waals surface area contributed by atoms with Gasteiger partial charge in [-0.2, -0.15) is 18.2 Å². The van der Waals surface area contributed by atoms with E-state index in [-0.39, 0.29) is 21.7 Å². The van der Waals surface area contributed by atoms with E-state index in [1.807, 2.05) is 4.90 Å². The fourth-order valence-corrected chi connectivity index (χ4v) is 3.09. The number of ether oxygens (including phenoxy) is 1. The van der Waals surface area contributed by atoms with Crippen molar-refractivity contribution in [3.8, 4) is 5.69 Å². The van der Waals surface area contributed by atoms with Gasteiger partial charge >= 0.3 is 6.18 Å². The normalized spacial score (nSPS) is 15.5. The van der Waals surface area contributed by atoms with Crippen LogP contribution >= 0.6 is 11.6 Å². The monoisotopic (exact) mass is 399 g/mol. The zero-order valence-electron chi connectivity index (χ0n) is 13.8. The predicted molar refractivity (Wildman–Crippen MR) is 92.5 cm³/mol. The van der Waals surface area contributed by atoms with E-state index in [1.165, 1.54) is 16.9 Å². The number of anilines is 1. The first-order valence-electron chi connectivity index (χ1n) is 8.02. The molecule has 1 saturated heterocycles. The molecule has 1 N–H and O–H groups in total. The summed E-state index contributed by atoms with van der Waals surface area (Å²) >= 11 is 6.00. The van der Waals surface area contributed by atoms with Crippen molar-refractivity contribution in [1.82, 2.24) is 19.7 Å². The molecule has 1 aromatic carbocycles.